The average Bonchev–Trinajstić information content (AvgIpc) is 2.67. The number of aliphatic hydroxyl groups is 1. The number of hydrogen-bond donors (Lipinski definition) is 1. The van der Waals surface area contributed by atoms with Crippen LogP contribution in [0, 0.1) is 13.8 Å². The number of hydrogen-bond acceptors (Lipinski definition) is 3. The third-order valence-corrected chi connectivity index (χ3v) is 4.16. The van der Waals surface area contributed by atoms with Gasteiger partial charge >= 0.3 is 0 Å². The summed E-state index contributed by atoms with van der Waals surface area (Å²) in [6, 6.07) is 10.4. The maximum atomic E-state index is 10.1. The Bertz CT molecular complexity index is 534. The lowest BCUT2D eigenvalue weighted by Crippen LogP contribution is -2.15. The summed E-state index contributed by atoms with van der Waals surface area (Å²) in [6.07, 6.45) is 0.303. The Hall–Kier alpha value is -1.26. The molecule has 1 unspecified atom stereocenters. The van der Waals surface area contributed by atoms with Gasteiger partial charge in [-0.05, 0) is 32.0 Å². The molecule has 1 aromatic heterocycles. The zero-order chi connectivity index (χ0) is 13.8. The Labute approximate surface area is 118 Å². The van der Waals surface area contributed by atoms with Crippen LogP contribution in [-0.2, 0) is 13.5 Å². The summed E-state index contributed by atoms with van der Waals surface area (Å²) in [5.74, 6) is 0.702. The highest BCUT2D eigenvalue weighted by Crippen LogP contribution is 2.20. The molecule has 0 aliphatic rings. The lowest BCUT2D eigenvalue weighted by Gasteiger charge is -2.10. The molecule has 102 valence electrons. The molecule has 1 N–H and O–H groups in total. The van der Waals surface area contributed by atoms with Gasteiger partial charge in [0.25, 0.3) is 0 Å². The van der Waals surface area contributed by atoms with Crippen molar-refractivity contribution in [3.05, 3.63) is 47.3 Å². The maximum absolute atomic E-state index is 10.1. The van der Waals surface area contributed by atoms with Gasteiger partial charge in [0.05, 0.1) is 11.8 Å². The summed E-state index contributed by atoms with van der Waals surface area (Å²) in [5.41, 5.74) is 3.33. The highest BCUT2D eigenvalue weighted by Gasteiger charge is 2.10. The third kappa shape index (κ3) is 4.11. The Balaban J connectivity index is 1.86. The maximum Gasteiger partial charge on any atom is 0.0689 e. The van der Waals surface area contributed by atoms with Gasteiger partial charge < -0.3 is 5.11 Å². The molecule has 0 aliphatic heterocycles. The number of nitrogens with zero attached hydrogens (tertiary/aromatic N) is 2. The van der Waals surface area contributed by atoms with E-state index in [1.165, 1.54) is 10.5 Å². The van der Waals surface area contributed by atoms with Crippen molar-refractivity contribution in [3.8, 4) is 0 Å². The van der Waals surface area contributed by atoms with Crippen molar-refractivity contribution in [2.75, 3.05) is 5.75 Å². The lowest BCUT2D eigenvalue weighted by atomic mass is 10.2. The Kier molecular flexibility index (Phi) is 4.66. The van der Waals surface area contributed by atoms with Crippen molar-refractivity contribution in [2.24, 2.45) is 7.05 Å². The summed E-state index contributed by atoms with van der Waals surface area (Å²) in [6.45, 7) is 4.05. The molecular formula is C15H20N2OS. The minimum atomic E-state index is -0.346. The van der Waals surface area contributed by atoms with Crippen LogP contribution in [0.25, 0.3) is 0 Å². The smallest absolute Gasteiger partial charge is 0.0689 e. The first-order valence-corrected chi connectivity index (χ1v) is 7.40. The fraction of sp³-hybridized carbons (Fsp3) is 0.400. The van der Waals surface area contributed by atoms with Gasteiger partial charge in [-0.2, -0.15) is 5.10 Å². The van der Waals surface area contributed by atoms with E-state index in [0.717, 1.165) is 11.4 Å². The highest BCUT2D eigenvalue weighted by molar-refractivity contribution is 7.99. The van der Waals surface area contributed by atoms with E-state index in [0.29, 0.717) is 12.2 Å². The normalized spacial score (nSPS) is 12.6. The first-order valence-electron chi connectivity index (χ1n) is 6.41. The molecule has 2 aromatic rings. The van der Waals surface area contributed by atoms with E-state index in [1.54, 1.807) is 11.8 Å². The summed E-state index contributed by atoms with van der Waals surface area (Å²) < 4.78 is 1.84. The Morgan fingerprint density at radius 3 is 2.53 bits per heavy atom. The molecule has 19 heavy (non-hydrogen) atoms. The second-order valence-corrected chi connectivity index (χ2v) is 5.98. The van der Waals surface area contributed by atoms with Crippen LogP contribution in [0.2, 0.25) is 0 Å². The molecule has 0 spiro atoms. The number of aromatic nitrogens is 2. The van der Waals surface area contributed by atoms with E-state index in [-0.39, 0.29) is 6.10 Å². The summed E-state index contributed by atoms with van der Waals surface area (Å²) in [7, 11) is 1.92. The van der Waals surface area contributed by atoms with Gasteiger partial charge in [0.1, 0.15) is 0 Å². The van der Waals surface area contributed by atoms with Crippen LogP contribution in [0.15, 0.2) is 35.2 Å². The number of aliphatic hydroxyl groups excluding tert-OH is 1. The molecule has 4 heteroatoms. The van der Waals surface area contributed by atoms with E-state index < -0.39 is 0 Å². The van der Waals surface area contributed by atoms with Crippen molar-refractivity contribution in [2.45, 2.75) is 31.3 Å². The van der Waals surface area contributed by atoms with Crippen LogP contribution in [0.5, 0.6) is 0 Å². The largest absolute Gasteiger partial charge is 0.392 e. The molecule has 3 nitrogen and oxygen atoms in total. The lowest BCUT2D eigenvalue weighted by molar-refractivity contribution is 0.197. The Morgan fingerprint density at radius 1 is 1.26 bits per heavy atom. The van der Waals surface area contributed by atoms with Crippen LogP contribution in [-0.4, -0.2) is 26.7 Å². The van der Waals surface area contributed by atoms with Crippen molar-refractivity contribution < 1.29 is 5.11 Å². The van der Waals surface area contributed by atoms with Crippen LogP contribution < -0.4 is 0 Å². The van der Waals surface area contributed by atoms with Crippen LogP contribution in [0.4, 0.5) is 0 Å². The van der Waals surface area contributed by atoms with E-state index in [2.05, 4.69) is 36.3 Å². The molecule has 2 rings (SSSR count). The first-order chi connectivity index (χ1) is 9.04. The molecule has 0 bridgehead atoms. The molecule has 1 aromatic carbocycles. The molecule has 0 saturated carbocycles. The van der Waals surface area contributed by atoms with Gasteiger partial charge in [-0.15, -0.1) is 11.8 Å². The van der Waals surface area contributed by atoms with E-state index in [9.17, 15) is 5.11 Å². The predicted octanol–water partition coefficient (Wildman–Crippen LogP) is 2.73. The van der Waals surface area contributed by atoms with E-state index in [1.807, 2.05) is 24.7 Å². The number of thioether (sulfide) groups is 1. The molecule has 0 amide bonds. The highest BCUT2D eigenvalue weighted by atomic mass is 32.2. The number of benzene rings is 1. The van der Waals surface area contributed by atoms with Crippen LogP contribution >= 0.6 is 11.8 Å². The van der Waals surface area contributed by atoms with Gasteiger partial charge in [0.2, 0.25) is 0 Å². The van der Waals surface area contributed by atoms with Crippen molar-refractivity contribution in [1.29, 1.82) is 0 Å². The molecular weight excluding hydrogens is 256 g/mol. The second-order valence-electron chi connectivity index (χ2n) is 4.88. The number of rotatable bonds is 5. The molecule has 1 atom stereocenters. The average molecular weight is 276 g/mol. The van der Waals surface area contributed by atoms with Crippen LogP contribution in [0.3, 0.4) is 0 Å². The van der Waals surface area contributed by atoms with Crippen molar-refractivity contribution >= 4 is 11.8 Å². The molecule has 0 aliphatic carbocycles. The standard InChI is InChI=1S/C15H20N2OS/c1-11-4-6-15(7-5-11)19-10-14(18)9-13-8-12(2)16-17(13)3/h4-8,14,18H,9-10H2,1-3H3. The molecule has 0 radical (unpaired) electrons. The van der Waals surface area contributed by atoms with Crippen molar-refractivity contribution in [3.63, 3.8) is 0 Å². The monoisotopic (exact) mass is 276 g/mol. The fourth-order valence-corrected chi connectivity index (χ4v) is 2.81. The quantitative estimate of drug-likeness (QED) is 0.853. The summed E-state index contributed by atoms with van der Waals surface area (Å²) in [5, 5.41) is 14.4. The topological polar surface area (TPSA) is 38.1 Å². The summed E-state index contributed by atoms with van der Waals surface area (Å²) in [4.78, 5) is 1.20. The molecule has 1 heterocycles. The summed E-state index contributed by atoms with van der Waals surface area (Å²) >= 11 is 1.69. The first kappa shape index (κ1) is 14.2. The van der Waals surface area contributed by atoms with Crippen LogP contribution in [0.1, 0.15) is 17.0 Å². The van der Waals surface area contributed by atoms with Gasteiger partial charge in [-0.3, -0.25) is 4.68 Å². The van der Waals surface area contributed by atoms with E-state index >= 15 is 0 Å². The zero-order valence-electron chi connectivity index (χ0n) is 11.6. The van der Waals surface area contributed by atoms with Crippen molar-refractivity contribution in [1.82, 2.24) is 9.78 Å². The van der Waals surface area contributed by atoms with Gasteiger partial charge in [0, 0.05) is 29.8 Å². The predicted molar refractivity (Wildman–Crippen MR) is 79.6 cm³/mol. The third-order valence-electron chi connectivity index (χ3n) is 3.01. The van der Waals surface area contributed by atoms with Gasteiger partial charge in [-0.25, -0.2) is 0 Å². The van der Waals surface area contributed by atoms with Gasteiger partial charge in [-0.1, -0.05) is 17.7 Å². The molecule has 0 fully saturated rings. The minimum absolute atomic E-state index is 0.346. The minimum Gasteiger partial charge on any atom is -0.392 e. The second kappa shape index (κ2) is 6.26. The fourth-order valence-electron chi connectivity index (χ4n) is 1.98. The number of aryl methyl sites for hydroxylation is 3. The van der Waals surface area contributed by atoms with Gasteiger partial charge in [0.15, 0.2) is 0 Å². The van der Waals surface area contributed by atoms with E-state index in [4.69, 9.17) is 0 Å². The zero-order valence-corrected chi connectivity index (χ0v) is 12.4. The molecule has 0 saturated heterocycles. The Morgan fingerprint density at radius 2 is 1.95 bits per heavy atom. The SMILES string of the molecule is Cc1ccc(SCC(O)Cc2cc(C)nn2C)cc1.